The van der Waals surface area contributed by atoms with Gasteiger partial charge >= 0.3 is 0 Å². The summed E-state index contributed by atoms with van der Waals surface area (Å²) in [5, 5.41) is 3.73. The van der Waals surface area contributed by atoms with Crippen molar-refractivity contribution in [2.24, 2.45) is 11.0 Å². The number of rotatable bonds is 2. The van der Waals surface area contributed by atoms with Crippen molar-refractivity contribution in [1.82, 2.24) is 0 Å². The predicted octanol–water partition coefficient (Wildman–Crippen LogP) is 3.27. The molecule has 0 heterocycles. The molecule has 1 aliphatic carbocycles. The largest absolute Gasteiger partial charge is 0.0906 e. The van der Waals surface area contributed by atoms with Gasteiger partial charge in [-0.05, 0) is 11.4 Å². The van der Waals surface area contributed by atoms with Gasteiger partial charge in [-0.2, -0.15) is 0 Å². The lowest BCUT2D eigenvalue weighted by Crippen LogP contribution is -2.17. The number of hydrogen-bond acceptors (Lipinski definition) is 1. The average Bonchev–Trinajstić information content (AvgIpc) is 2.07. The maximum atomic E-state index is 8.23. The minimum Gasteiger partial charge on any atom is -0.0906 e. The van der Waals surface area contributed by atoms with Gasteiger partial charge < -0.3 is 0 Å². The molecule has 0 amide bonds. The van der Waals surface area contributed by atoms with Crippen LogP contribution in [0.5, 0.6) is 0 Å². The van der Waals surface area contributed by atoms with E-state index in [1.165, 1.54) is 32.1 Å². The van der Waals surface area contributed by atoms with Crippen LogP contribution in [-0.4, -0.2) is 6.04 Å². The van der Waals surface area contributed by atoms with Gasteiger partial charge in [-0.3, -0.25) is 0 Å². The lowest BCUT2D eigenvalue weighted by atomic mass is 9.85. The maximum Gasteiger partial charge on any atom is 0.0374 e. The highest BCUT2D eigenvalue weighted by molar-refractivity contribution is 4.75. The Kier molecular flexibility index (Phi) is 3.24. The van der Waals surface area contributed by atoms with E-state index in [1.807, 2.05) is 6.92 Å². The first-order valence-electron chi connectivity index (χ1n) is 4.39. The first-order valence-corrected chi connectivity index (χ1v) is 4.39. The normalized spacial score (nSPS) is 22.3. The third-order valence-corrected chi connectivity index (χ3v) is 2.57. The lowest BCUT2D eigenvalue weighted by molar-refractivity contribution is 0.316. The summed E-state index contributed by atoms with van der Waals surface area (Å²) in [5.74, 6) is 0.652. The van der Waals surface area contributed by atoms with Crippen LogP contribution >= 0.6 is 0 Å². The summed E-state index contributed by atoms with van der Waals surface area (Å²) in [6.07, 6.45) is 6.49. The minimum absolute atomic E-state index is 0.209. The molecule has 0 aromatic rings. The SMILES string of the molecule is C[C@H](N=[N+]=[N-])C1CCCCC1. The summed E-state index contributed by atoms with van der Waals surface area (Å²) in [7, 11) is 0. The molecule has 11 heavy (non-hydrogen) atoms. The van der Waals surface area contributed by atoms with Gasteiger partial charge in [0.15, 0.2) is 0 Å². The average molecular weight is 153 g/mol. The Morgan fingerprint density at radius 1 is 1.36 bits per heavy atom. The van der Waals surface area contributed by atoms with Crippen LogP contribution in [-0.2, 0) is 0 Å². The van der Waals surface area contributed by atoms with Gasteiger partial charge in [-0.15, -0.1) is 0 Å². The third kappa shape index (κ3) is 2.43. The molecule has 3 nitrogen and oxygen atoms in total. The summed E-state index contributed by atoms with van der Waals surface area (Å²) < 4.78 is 0. The Balaban J connectivity index is 2.38. The van der Waals surface area contributed by atoms with Crippen molar-refractivity contribution in [3.63, 3.8) is 0 Å². The van der Waals surface area contributed by atoms with Crippen molar-refractivity contribution >= 4 is 0 Å². The second-order valence-corrected chi connectivity index (χ2v) is 3.34. The minimum atomic E-state index is 0.209. The van der Waals surface area contributed by atoms with Crippen LogP contribution in [0.25, 0.3) is 10.4 Å². The maximum absolute atomic E-state index is 8.23. The van der Waals surface area contributed by atoms with Gasteiger partial charge in [-0.1, -0.05) is 44.1 Å². The van der Waals surface area contributed by atoms with E-state index in [0.29, 0.717) is 5.92 Å². The highest BCUT2D eigenvalue weighted by atomic mass is 15.1. The quantitative estimate of drug-likeness (QED) is 0.332. The summed E-state index contributed by atoms with van der Waals surface area (Å²) >= 11 is 0. The van der Waals surface area contributed by atoms with Gasteiger partial charge in [0.2, 0.25) is 0 Å². The fourth-order valence-electron chi connectivity index (χ4n) is 1.79. The first-order chi connectivity index (χ1) is 5.34. The van der Waals surface area contributed by atoms with Crippen LogP contribution in [0.3, 0.4) is 0 Å². The van der Waals surface area contributed by atoms with Crippen molar-refractivity contribution in [2.45, 2.75) is 45.1 Å². The molecule has 0 bridgehead atoms. The summed E-state index contributed by atoms with van der Waals surface area (Å²) in [6.45, 7) is 2.02. The Bertz CT molecular complexity index is 155. The molecule has 0 N–H and O–H groups in total. The van der Waals surface area contributed by atoms with E-state index < -0.39 is 0 Å². The molecule has 1 fully saturated rings. The lowest BCUT2D eigenvalue weighted by Gasteiger charge is -2.24. The second-order valence-electron chi connectivity index (χ2n) is 3.34. The molecular weight excluding hydrogens is 138 g/mol. The molecule has 0 saturated heterocycles. The van der Waals surface area contributed by atoms with Crippen LogP contribution in [0.4, 0.5) is 0 Å². The van der Waals surface area contributed by atoms with E-state index in [-0.39, 0.29) is 6.04 Å². The molecule has 1 saturated carbocycles. The summed E-state index contributed by atoms with van der Waals surface area (Å²) in [6, 6.07) is 0.209. The van der Waals surface area contributed by atoms with Gasteiger partial charge in [0.25, 0.3) is 0 Å². The van der Waals surface area contributed by atoms with Crippen LogP contribution < -0.4 is 0 Å². The molecular formula is C8H15N3. The molecule has 3 heteroatoms. The summed E-state index contributed by atoms with van der Waals surface area (Å²) in [5.41, 5.74) is 8.23. The fourth-order valence-corrected chi connectivity index (χ4v) is 1.79. The predicted molar refractivity (Wildman–Crippen MR) is 45.2 cm³/mol. The first kappa shape index (κ1) is 8.41. The zero-order chi connectivity index (χ0) is 8.10. The van der Waals surface area contributed by atoms with Crippen molar-refractivity contribution in [3.8, 4) is 0 Å². The number of azide groups is 1. The molecule has 0 aromatic carbocycles. The van der Waals surface area contributed by atoms with E-state index in [1.54, 1.807) is 0 Å². The molecule has 0 spiro atoms. The Morgan fingerprint density at radius 2 is 2.00 bits per heavy atom. The number of nitrogens with zero attached hydrogens (tertiary/aromatic N) is 3. The Morgan fingerprint density at radius 3 is 2.55 bits per heavy atom. The van der Waals surface area contributed by atoms with Crippen LogP contribution in [0.1, 0.15) is 39.0 Å². The molecule has 0 radical (unpaired) electrons. The van der Waals surface area contributed by atoms with E-state index in [2.05, 4.69) is 10.0 Å². The standard InChI is InChI=1S/C8H15N3/c1-7(10-11-9)8-5-3-2-4-6-8/h7-8H,2-6H2,1H3/t7-/m0/s1. The van der Waals surface area contributed by atoms with E-state index in [9.17, 15) is 0 Å². The van der Waals surface area contributed by atoms with Crippen molar-refractivity contribution in [1.29, 1.82) is 0 Å². The fraction of sp³-hybridized carbons (Fsp3) is 1.00. The summed E-state index contributed by atoms with van der Waals surface area (Å²) in [4.78, 5) is 2.84. The van der Waals surface area contributed by atoms with Crippen molar-refractivity contribution in [3.05, 3.63) is 10.4 Å². The molecule has 1 rings (SSSR count). The highest BCUT2D eigenvalue weighted by Gasteiger charge is 2.18. The van der Waals surface area contributed by atoms with Gasteiger partial charge in [-0.25, -0.2) is 0 Å². The van der Waals surface area contributed by atoms with E-state index >= 15 is 0 Å². The van der Waals surface area contributed by atoms with Gasteiger partial charge in [0, 0.05) is 11.0 Å². The Labute approximate surface area is 67.4 Å². The highest BCUT2D eigenvalue weighted by Crippen LogP contribution is 2.27. The van der Waals surface area contributed by atoms with Crippen LogP contribution in [0, 0.1) is 5.92 Å². The molecule has 1 aliphatic rings. The van der Waals surface area contributed by atoms with Crippen LogP contribution in [0.2, 0.25) is 0 Å². The molecule has 0 unspecified atom stereocenters. The van der Waals surface area contributed by atoms with E-state index in [0.717, 1.165) is 0 Å². The molecule has 0 aromatic heterocycles. The zero-order valence-electron chi connectivity index (χ0n) is 7.03. The van der Waals surface area contributed by atoms with Gasteiger partial charge in [0.05, 0.1) is 0 Å². The molecule has 0 aliphatic heterocycles. The van der Waals surface area contributed by atoms with Crippen molar-refractivity contribution in [2.75, 3.05) is 0 Å². The van der Waals surface area contributed by atoms with Gasteiger partial charge in [0.1, 0.15) is 0 Å². The molecule has 62 valence electrons. The topological polar surface area (TPSA) is 48.8 Å². The smallest absolute Gasteiger partial charge is 0.0374 e. The van der Waals surface area contributed by atoms with Crippen molar-refractivity contribution < 1.29 is 0 Å². The van der Waals surface area contributed by atoms with Crippen LogP contribution in [0.15, 0.2) is 5.11 Å². The zero-order valence-corrected chi connectivity index (χ0v) is 7.03. The second kappa shape index (κ2) is 4.24. The number of hydrogen-bond donors (Lipinski definition) is 0. The third-order valence-electron chi connectivity index (χ3n) is 2.57. The van der Waals surface area contributed by atoms with E-state index in [4.69, 9.17) is 5.53 Å². The Hall–Kier alpha value is -0.690. The monoisotopic (exact) mass is 153 g/mol. The molecule has 1 atom stereocenters.